The number of aromatic nitrogens is 2. The van der Waals surface area contributed by atoms with Crippen LogP contribution < -0.4 is 26.8 Å². The molecule has 1 unspecified atom stereocenters. The Bertz CT molecular complexity index is 1070. The average Bonchev–Trinajstić information content (AvgIpc) is 2.75. The van der Waals surface area contributed by atoms with Gasteiger partial charge in [0.05, 0.1) is 13.2 Å². The number of benzene rings is 1. The van der Waals surface area contributed by atoms with Crippen molar-refractivity contribution in [1.82, 2.24) is 9.55 Å². The van der Waals surface area contributed by atoms with E-state index in [1.807, 2.05) is 32.0 Å². The monoisotopic (exact) mass is 443 g/mol. The first-order valence-electron chi connectivity index (χ1n) is 11.0. The molecule has 1 atom stereocenters. The highest BCUT2D eigenvalue weighted by Gasteiger charge is 2.29. The van der Waals surface area contributed by atoms with Crippen molar-refractivity contribution in [2.45, 2.75) is 46.2 Å². The average molecular weight is 444 g/mol. The molecule has 2 aromatic rings. The number of aromatic amines is 1. The predicted molar refractivity (Wildman–Crippen MR) is 126 cm³/mol. The number of aryl methyl sites for hydroxylation is 1. The fourth-order valence-electron chi connectivity index (χ4n) is 4.16. The molecule has 9 nitrogen and oxygen atoms in total. The lowest BCUT2D eigenvalue weighted by atomic mass is 9.96. The summed E-state index contributed by atoms with van der Waals surface area (Å²) in [5.41, 5.74) is 7.23. The highest BCUT2D eigenvalue weighted by molar-refractivity contribution is 5.98. The lowest BCUT2D eigenvalue weighted by Crippen LogP contribution is -2.49. The molecule has 0 fully saturated rings. The minimum Gasteiger partial charge on any atom is -0.383 e. The zero-order valence-electron chi connectivity index (χ0n) is 19.3. The lowest BCUT2D eigenvalue weighted by molar-refractivity contribution is -0.117. The zero-order valence-corrected chi connectivity index (χ0v) is 19.3. The number of fused-ring (bicyclic) bond motifs is 1. The summed E-state index contributed by atoms with van der Waals surface area (Å²) in [6, 6.07) is 8.22. The number of carbonyl (C=O) groups excluding carboxylic acids is 1. The molecule has 1 aromatic heterocycles. The number of carbonyl (C=O) groups is 1. The van der Waals surface area contributed by atoms with E-state index in [4.69, 9.17) is 10.5 Å². The summed E-state index contributed by atoms with van der Waals surface area (Å²) < 4.78 is 6.49. The number of methoxy groups -OCH3 is 1. The number of H-pyrrole nitrogens is 1. The SMILES string of the molecule is COCCN(C(=O)CN1c2ccccc2CCC1C)c1c(N)n(CC(C)C)c(=O)[nH]c1=O. The third kappa shape index (κ3) is 4.88. The number of para-hydroxylation sites is 1. The summed E-state index contributed by atoms with van der Waals surface area (Å²) in [5.74, 6) is -0.163. The molecule has 174 valence electrons. The van der Waals surface area contributed by atoms with Crippen LogP contribution in [0.3, 0.4) is 0 Å². The van der Waals surface area contributed by atoms with E-state index < -0.39 is 11.2 Å². The molecule has 0 radical (unpaired) electrons. The molecule has 0 aliphatic carbocycles. The molecule has 3 N–H and O–H groups in total. The number of amides is 1. The molecule has 0 saturated carbocycles. The molecule has 0 saturated heterocycles. The van der Waals surface area contributed by atoms with Crippen molar-refractivity contribution in [2.75, 3.05) is 42.3 Å². The summed E-state index contributed by atoms with van der Waals surface area (Å²) in [4.78, 5) is 44.4. The van der Waals surface area contributed by atoms with Crippen LogP contribution in [0, 0.1) is 5.92 Å². The van der Waals surface area contributed by atoms with E-state index >= 15 is 0 Å². The van der Waals surface area contributed by atoms with Crippen molar-refractivity contribution < 1.29 is 9.53 Å². The highest BCUT2D eigenvalue weighted by atomic mass is 16.5. The zero-order chi connectivity index (χ0) is 23.4. The summed E-state index contributed by atoms with van der Waals surface area (Å²) >= 11 is 0. The maximum Gasteiger partial charge on any atom is 0.330 e. The van der Waals surface area contributed by atoms with Gasteiger partial charge in [-0.05, 0) is 37.3 Å². The van der Waals surface area contributed by atoms with E-state index in [1.165, 1.54) is 22.1 Å². The van der Waals surface area contributed by atoms with Gasteiger partial charge in [-0.1, -0.05) is 32.0 Å². The number of nitrogens with two attached hydrogens (primary N) is 1. The lowest BCUT2D eigenvalue weighted by Gasteiger charge is -2.38. The van der Waals surface area contributed by atoms with Gasteiger partial charge < -0.3 is 20.3 Å². The van der Waals surface area contributed by atoms with E-state index in [-0.39, 0.29) is 49.1 Å². The van der Waals surface area contributed by atoms with Crippen molar-refractivity contribution in [2.24, 2.45) is 5.92 Å². The van der Waals surface area contributed by atoms with Crippen LogP contribution in [0.4, 0.5) is 17.2 Å². The van der Waals surface area contributed by atoms with Crippen LogP contribution in [-0.4, -0.2) is 48.3 Å². The predicted octanol–water partition coefficient (Wildman–Crippen LogP) is 1.60. The van der Waals surface area contributed by atoms with Gasteiger partial charge in [-0.15, -0.1) is 0 Å². The molecule has 1 aliphatic heterocycles. The van der Waals surface area contributed by atoms with Gasteiger partial charge in [-0.2, -0.15) is 0 Å². The number of anilines is 3. The maximum atomic E-state index is 13.5. The standard InChI is InChI=1S/C23H33N5O4/c1-15(2)13-28-21(24)20(22(30)25-23(28)31)26(11-12-32-4)19(29)14-27-16(3)9-10-17-7-5-6-8-18(17)27/h5-8,15-16H,9-14,24H2,1-4H3,(H,25,30,31). The summed E-state index contributed by atoms with van der Waals surface area (Å²) in [6.45, 7) is 6.76. The van der Waals surface area contributed by atoms with Crippen molar-refractivity contribution in [3.05, 3.63) is 50.7 Å². The largest absolute Gasteiger partial charge is 0.383 e. The molecule has 0 bridgehead atoms. The number of hydrogen-bond donors (Lipinski definition) is 2. The van der Waals surface area contributed by atoms with Crippen molar-refractivity contribution >= 4 is 23.1 Å². The summed E-state index contributed by atoms with van der Waals surface area (Å²) in [6.07, 6.45) is 1.90. The Morgan fingerprint density at radius 3 is 2.72 bits per heavy atom. The van der Waals surface area contributed by atoms with Gasteiger partial charge in [-0.3, -0.25) is 19.1 Å². The molecule has 1 aromatic carbocycles. The van der Waals surface area contributed by atoms with E-state index in [9.17, 15) is 14.4 Å². The minimum atomic E-state index is -0.677. The Morgan fingerprint density at radius 1 is 1.31 bits per heavy atom. The topological polar surface area (TPSA) is 114 Å². The highest BCUT2D eigenvalue weighted by Crippen LogP contribution is 2.30. The number of nitrogens with one attached hydrogen (secondary N) is 1. The molecule has 32 heavy (non-hydrogen) atoms. The van der Waals surface area contributed by atoms with Gasteiger partial charge in [0.1, 0.15) is 5.82 Å². The van der Waals surface area contributed by atoms with E-state index in [1.54, 1.807) is 0 Å². The van der Waals surface area contributed by atoms with Gasteiger partial charge in [0.15, 0.2) is 5.69 Å². The Labute approximate surface area is 187 Å². The minimum absolute atomic E-state index is 0.00903. The number of nitrogens with zero attached hydrogens (tertiary/aromatic N) is 3. The van der Waals surface area contributed by atoms with Crippen LogP contribution in [0.5, 0.6) is 0 Å². The molecule has 3 rings (SSSR count). The van der Waals surface area contributed by atoms with Gasteiger partial charge in [0.25, 0.3) is 5.56 Å². The van der Waals surface area contributed by atoms with Crippen LogP contribution in [0.2, 0.25) is 0 Å². The summed E-state index contributed by atoms with van der Waals surface area (Å²) in [5, 5.41) is 0. The van der Waals surface area contributed by atoms with E-state index in [0.717, 1.165) is 18.5 Å². The third-order valence-corrected chi connectivity index (χ3v) is 5.82. The second-order valence-corrected chi connectivity index (χ2v) is 8.68. The molecule has 2 heterocycles. The van der Waals surface area contributed by atoms with Crippen LogP contribution in [0.25, 0.3) is 0 Å². The number of nitrogen functional groups attached to an aromatic ring is 1. The first kappa shape index (κ1) is 23.6. The Kier molecular flexibility index (Phi) is 7.40. The first-order chi connectivity index (χ1) is 15.2. The van der Waals surface area contributed by atoms with E-state index in [2.05, 4.69) is 22.9 Å². The second kappa shape index (κ2) is 10.0. The first-order valence-corrected chi connectivity index (χ1v) is 11.0. The Balaban J connectivity index is 2.00. The normalized spacial score (nSPS) is 15.7. The maximum absolute atomic E-state index is 13.5. The Morgan fingerprint density at radius 2 is 2.03 bits per heavy atom. The quantitative estimate of drug-likeness (QED) is 0.641. The number of rotatable bonds is 8. The molecular weight excluding hydrogens is 410 g/mol. The molecule has 9 heteroatoms. The summed E-state index contributed by atoms with van der Waals surface area (Å²) in [7, 11) is 1.53. The fourth-order valence-corrected chi connectivity index (χ4v) is 4.16. The van der Waals surface area contributed by atoms with Crippen LogP contribution in [0.1, 0.15) is 32.8 Å². The second-order valence-electron chi connectivity index (χ2n) is 8.68. The van der Waals surface area contributed by atoms with E-state index in [0.29, 0.717) is 6.54 Å². The fraction of sp³-hybridized carbons (Fsp3) is 0.522. The molecule has 1 amide bonds. The van der Waals surface area contributed by atoms with Crippen LogP contribution in [-0.2, 0) is 22.5 Å². The van der Waals surface area contributed by atoms with Gasteiger partial charge >= 0.3 is 5.69 Å². The van der Waals surface area contributed by atoms with Gasteiger partial charge in [0.2, 0.25) is 5.91 Å². The molecular formula is C23H33N5O4. The van der Waals surface area contributed by atoms with Crippen molar-refractivity contribution in [3.63, 3.8) is 0 Å². The molecule has 1 aliphatic rings. The van der Waals surface area contributed by atoms with Crippen LogP contribution >= 0.6 is 0 Å². The number of ether oxygens (including phenoxy) is 1. The van der Waals surface area contributed by atoms with Crippen LogP contribution in [0.15, 0.2) is 33.9 Å². The Hall–Kier alpha value is -3.07. The molecule has 0 spiro atoms. The van der Waals surface area contributed by atoms with Crippen molar-refractivity contribution in [1.29, 1.82) is 0 Å². The number of hydrogen-bond acceptors (Lipinski definition) is 6. The van der Waals surface area contributed by atoms with Gasteiger partial charge in [-0.25, -0.2) is 4.79 Å². The third-order valence-electron chi connectivity index (χ3n) is 5.82. The van der Waals surface area contributed by atoms with Crippen molar-refractivity contribution in [3.8, 4) is 0 Å². The smallest absolute Gasteiger partial charge is 0.330 e. The van der Waals surface area contributed by atoms with Gasteiger partial charge in [0, 0.05) is 31.9 Å².